The summed E-state index contributed by atoms with van der Waals surface area (Å²) in [6, 6.07) is 0. The molecular formula is C22H38O8. The Balaban J connectivity index is 0. The van der Waals surface area contributed by atoms with Crippen molar-refractivity contribution in [2.45, 2.75) is 90.9 Å². The number of carbonyl (C=O) groups is 4. The molecule has 0 fully saturated rings. The normalized spacial score (nSPS) is 10.2. The third-order valence-electron chi connectivity index (χ3n) is 3.87. The second-order valence-electron chi connectivity index (χ2n) is 6.78. The van der Waals surface area contributed by atoms with Crippen molar-refractivity contribution >= 4 is 23.9 Å². The summed E-state index contributed by atoms with van der Waals surface area (Å²) in [6.45, 7) is 4.80. The second-order valence-corrected chi connectivity index (χ2v) is 6.78. The van der Waals surface area contributed by atoms with Gasteiger partial charge in [0.15, 0.2) is 0 Å². The number of esters is 2. The van der Waals surface area contributed by atoms with Crippen LogP contribution in [0.15, 0.2) is 12.2 Å². The summed E-state index contributed by atoms with van der Waals surface area (Å²) in [5.74, 6) is -2.48. The molecule has 0 saturated carbocycles. The Bertz CT molecular complexity index is 455. The fourth-order valence-electron chi connectivity index (χ4n) is 2.13. The molecule has 2 N–H and O–H groups in total. The molecule has 0 bridgehead atoms. The fourth-order valence-corrected chi connectivity index (χ4v) is 2.13. The molecule has 0 rings (SSSR count). The molecule has 8 nitrogen and oxygen atoms in total. The number of unbranched alkanes of at least 4 members (excludes halogenated alkanes) is 7. The van der Waals surface area contributed by atoms with Gasteiger partial charge in [-0.1, -0.05) is 52.4 Å². The van der Waals surface area contributed by atoms with Crippen LogP contribution in [0.25, 0.3) is 0 Å². The second kappa shape index (κ2) is 22.9. The highest BCUT2D eigenvalue weighted by Gasteiger charge is 2.00. The Morgan fingerprint density at radius 2 is 0.933 bits per heavy atom. The van der Waals surface area contributed by atoms with Crippen LogP contribution in [0.3, 0.4) is 0 Å². The minimum Gasteiger partial charge on any atom is -0.481 e. The van der Waals surface area contributed by atoms with Crippen LogP contribution in [0.5, 0.6) is 0 Å². The molecule has 0 radical (unpaired) electrons. The predicted molar refractivity (Wildman–Crippen MR) is 113 cm³/mol. The number of carbonyl (C=O) groups excluding carboxylic acids is 2. The Morgan fingerprint density at radius 1 is 0.600 bits per heavy atom. The van der Waals surface area contributed by atoms with E-state index in [1.165, 1.54) is 0 Å². The van der Waals surface area contributed by atoms with Crippen LogP contribution in [0.1, 0.15) is 90.9 Å². The van der Waals surface area contributed by atoms with Crippen LogP contribution in [0.2, 0.25) is 0 Å². The molecule has 0 aliphatic rings. The van der Waals surface area contributed by atoms with Gasteiger partial charge in [-0.3, -0.25) is 9.59 Å². The third kappa shape index (κ3) is 27.8. The standard InChI is InChI=1S/C12H20O4.C10H18O4/c1-3-5-9-15-11(13)7-8-12(14)16-10-6-4-2;11-9(12)7-5-3-1-2-4-6-8-10(13)14/h7-8H,3-6,9-10H2,1-2H3;1-8H2,(H,11,12)(H,13,14)/b8-7-;. The topological polar surface area (TPSA) is 127 Å². The van der Waals surface area contributed by atoms with Crippen molar-refractivity contribution < 1.29 is 38.9 Å². The number of carboxylic acid groups (broad SMARTS) is 2. The summed E-state index contributed by atoms with van der Waals surface area (Å²) < 4.78 is 9.65. The van der Waals surface area contributed by atoms with E-state index in [0.717, 1.165) is 76.4 Å². The molecule has 0 aromatic rings. The van der Waals surface area contributed by atoms with Gasteiger partial charge in [-0.25, -0.2) is 9.59 Å². The van der Waals surface area contributed by atoms with Gasteiger partial charge in [-0.2, -0.15) is 0 Å². The minimum atomic E-state index is -0.740. The molecule has 0 aromatic carbocycles. The van der Waals surface area contributed by atoms with E-state index < -0.39 is 23.9 Å². The van der Waals surface area contributed by atoms with Crippen LogP contribution in [0, 0.1) is 0 Å². The van der Waals surface area contributed by atoms with Gasteiger partial charge >= 0.3 is 23.9 Å². The third-order valence-corrected chi connectivity index (χ3v) is 3.87. The largest absolute Gasteiger partial charge is 0.481 e. The van der Waals surface area contributed by atoms with Crippen LogP contribution in [-0.2, 0) is 28.7 Å². The quantitative estimate of drug-likeness (QED) is 0.196. The molecular weight excluding hydrogens is 392 g/mol. The summed E-state index contributed by atoms with van der Waals surface area (Å²) >= 11 is 0. The lowest BCUT2D eigenvalue weighted by Gasteiger charge is -2.00. The number of rotatable bonds is 17. The predicted octanol–water partition coefficient (Wildman–Crippen LogP) is 4.51. The SMILES string of the molecule is CCCCOC(=O)/C=C\C(=O)OCCCC.O=C(O)CCCCCCCCC(=O)O. The summed E-state index contributed by atoms with van der Waals surface area (Å²) in [6.07, 6.45) is 11.6. The number of ether oxygens (including phenoxy) is 2. The molecule has 0 aromatic heterocycles. The van der Waals surface area contributed by atoms with E-state index in [4.69, 9.17) is 19.7 Å². The molecule has 0 aliphatic heterocycles. The summed E-state index contributed by atoms with van der Waals surface area (Å²) in [5, 5.41) is 16.7. The van der Waals surface area contributed by atoms with E-state index in [-0.39, 0.29) is 12.8 Å². The molecule has 0 atom stereocenters. The lowest BCUT2D eigenvalue weighted by Crippen LogP contribution is -2.05. The van der Waals surface area contributed by atoms with Crippen molar-refractivity contribution in [2.75, 3.05) is 13.2 Å². The Hall–Kier alpha value is -2.38. The van der Waals surface area contributed by atoms with E-state index in [1.807, 2.05) is 13.8 Å². The van der Waals surface area contributed by atoms with E-state index in [0.29, 0.717) is 13.2 Å². The van der Waals surface area contributed by atoms with E-state index in [9.17, 15) is 19.2 Å². The van der Waals surface area contributed by atoms with Crippen LogP contribution in [-0.4, -0.2) is 47.3 Å². The zero-order chi connectivity index (χ0) is 23.0. The van der Waals surface area contributed by atoms with Gasteiger partial charge in [-0.15, -0.1) is 0 Å². The number of aliphatic carboxylic acids is 2. The van der Waals surface area contributed by atoms with Crippen molar-refractivity contribution in [3.05, 3.63) is 12.2 Å². The molecule has 0 aliphatic carbocycles. The van der Waals surface area contributed by atoms with Crippen LogP contribution < -0.4 is 0 Å². The highest BCUT2D eigenvalue weighted by atomic mass is 16.5. The summed E-state index contributed by atoms with van der Waals surface area (Å²) in [4.78, 5) is 42.4. The van der Waals surface area contributed by atoms with Crippen molar-refractivity contribution in [3.63, 3.8) is 0 Å². The van der Waals surface area contributed by atoms with E-state index in [2.05, 4.69) is 0 Å². The molecule has 0 heterocycles. The van der Waals surface area contributed by atoms with Crippen molar-refractivity contribution in [1.29, 1.82) is 0 Å². The zero-order valence-corrected chi connectivity index (χ0v) is 18.4. The van der Waals surface area contributed by atoms with Gasteiger partial charge in [0.05, 0.1) is 13.2 Å². The molecule has 8 heteroatoms. The first-order valence-corrected chi connectivity index (χ1v) is 10.8. The van der Waals surface area contributed by atoms with Gasteiger partial charge in [0.2, 0.25) is 0 Å². The average Bonchev–Trinajstić information content (AvgIpc) is 2.69. The number of carboxylic acids is 2. The molecule has 0 saturated heterocycles. The first kappa shape index (κ1) is 29.8. The average molecular weight is 431 g/mol. The number of hydrogen-bond donors (Lipinski definition) is 2. The fraction of sp³-hybridized carbons (Fsp3) is 0.727. The first-order chi connectivity index (χ1) is 14.3. The van der Waals surface area contributed by atoms with Gasteiger partial charge in [-0.05, 0) is 25.7 Å². The van der Waals surface area contributed by atoms with Gasteiger partial charge in [0.25, 0.3) is 0 Å². The maximum Gasteiger partial charge on any atom is 0.331 e. The first-order valence-electron chi connectivity index (χ1n) is 10.8. The number of hydrogen-bond acceptors (Lipinski definition) is 6. The monoisotopic (exact) mass is 430 g/mol. The van der Waals surface area contributed by atoms with Gasteiger partial charge in [0.1, 0.15) is 0 Å². The molecule has 0 amide bonds. The van der Waals surface area contributed by atoms with E-state index in [1.54, 1.807) is 0 Å². The molecule has 0 unspecified atom stereocenters. The summed E-state index contributed by atoms with van der Waals surface area (Å²) in [7, 11) is 0. The van der Waals surface area contributed by atoms with Gasteiger partial charge < -0.3 is 19.7 Å². The van der Waals surface area contributed by atoms with Crippen molar-refractivity contribution in [1.82, 2.24) is 0 Å². The summed E-state index contributed by atoms with van der Waals surface area (Å²) in [5.41, 5.74) is 0. The smallest absolute Gasteiger partial charge is 0.331 e. The maximum absolute atomic E-state index is 11.0. The molecule has 0 spiro atoms. The van der Waals surface area contributed by atoms with Crippen molar-refractivity contribution in [3.8, 4) is 0 Å². The highest BCUT2D eigenvalue weighted by molar-refractivity contribution is 5.91. The Kier molecular flexibility index (Phi) is 22.8. The minimum absolute atomic E-state index is 0.245. The van der Waals surface area contributed by atoms with Crippen LogP contribution in [0.4, 0.5) is 0 Å². The van der Waals surface area contributed by atoms with E-state index >= 15 is 0 Å². The molecule has 30 heavy (non-hydrogen) atoms. The molecule has 174 valence electrons. The highest BCUT2D eigenvalue weighted by Crippen LogP contribution is 2.08. The maximum atomic E-state index is 11.0. The van der Waals surface area contributed by atoms with Crippen LogP contribution >= 0.6 is 0 Å². The zero-order valence-electron chi connectivity index (χ0n) is 18.4. The Labute approximate surface area is 179 Å². The Morgan fingerprint density at radius 3 is 1.23 bits per heavy atom. The lowest BCUT2D eigenvalue weighted by atomic mass is 10.1. The lowest BCUT2D eigenvalue weighted by molar-refractivity contribution is -0.140. The van der Waals surface area contributed by atoms with Gasteiger partial charge in [0, 0.05) is 25.0 Å². The van der Waals surface area contributed by atoms with Crippen molar-refractivity contribution in [2.24, 2.45) is 0 Å².